The molecule has 83 heavy (non-hydrogen) atoms. The zero-order valence-corrected chi connectivity index (χ0v) is 55.5. The highest BCUT2D eigenvalue weighted by molar-refractivity contribution is 5.71. The molecular weight excluding hydrogens is 1020 g/mol. The Hall–Kier alpha value is -3.15. The summed E-state index contributed by atoms with van der Waals surface area (Å²) < 4.78 is 17.0. The van der Waals surface area contributed by atoms with Crippen molar-refractivity contribution in [3.63, 3.8) is 0 Å². The predicted octanol–water partition coefficient (Wildman–Crippen LogP) is 25.2. The number of allylic oxidation sites excluding steroid dienone is 12. The Morgan fingerprint density at radius 2 is 0.470 bits per heavy atom. The summed E-state index contributed by atoms with van der Waals surface area (Å²) >= 11 is 0. The lowest BCUT2D eigenvalue weighted by Gasteiger charge is -2.18. The molecule has 0 saturated heterocycles. The molecule has 1 unspecified atom stereocenters. The molecule has 482 valence electrons. The first-order valence-corrected chi connectivity index (χ1v) is 36.4. The van der Waals surface area contributed by atoms with Gasteiger partial charge in [0, 0.05) is 19.3 Å². The van der Waals surface area contributed by atoms with Gasteiger partial charge in [-0.2, -0.15) is 0 Å². The van der Waals surface area contributed by atoms with Gasteiger partial charge in [-0.05, 0) is 70.6 Å². The zero-order valence-electron chi connectivity index (χ0n) is 55.5. The van der Waals surface area contributed by atoms with Crippen molar-refractivity contribution < 1.29 is 28.6 Å². The van der Waals surface area contributed by atoms with E-state index in [9.17, 15) is 14.4 Å². The molecule has 0 N–H and O–H groups in total. The van der Waals surface area contributed by atoms with Crippen molar-refractivity contribution in [3.8, 4) is 0 Å². The smallest absolute Gasteiger partial charge is 0.306 e. The minimum atomic E-state index is -0.778. The maximum Gasteiger partial charge on any atom is 0.306 e. The molecule has 6 nitrogen and oxygen atoms in total. The van der Waals surface area contributed by atoms with Gasteiger partial charge in [0.15, 0.2) is 6.10 Å². The Morgan fingerprint density at radius 1 is 0.253 bits per heavy atom. The molecule has 0 radical (unpaired) electrons. The van der Waals surface area contributed by atoms with Gasteiger partial charge in [-0.3, -0.25) is 14.4 Å². The number of hydrogen-bond donors (Lipinski definition) is 0. The van der Waals surface area contributed by atoms with Crippen LogP contribution in [-0.4, -0.2) is 37.2 Å². The third-order valence-electron chi connectivity index (χ3n) is 16.2. The van der Waals surface area contributed by atoms with Crippen LogP contribution in [0.15, 0.2) is 72.9 Å². The summed E-state index contributed by atoms with van der Waals surface area (Å²) in [6.07, 6.45) is 93.5. The number of carbonyl (C=O) groups excluding carboxylic acids is 3. The van der Waals surface area contributed by atoms with Gasteiger partial charge in [-0.1, -0.05) is 363 Å². The van der Waals surface area contributed by atoms with E-state index in [1.807, 2.05) is 0 Å². The van der Waals surface area contributed by atoms with Gasteiger partial charge < -0.3 is 14.2 Å². The Morgan fingerprint density at radius 3 is 0.735 bits per heavy atom. The number of unbranched alkanes of at least 4 members (excludes halogenated alkanes) is 44. The summed E-state index contributed by atoms with van der Waals surface area (Å²) in [6.45, 7) is 6.60. The van der Waals surface area contributed by atoms with Crippen LogP contribution in [0, 0.1) is 0 Å². The van der Waals surface area contributed by atoms with Gasteiger partial charge in [0.25, 0.3) is 0 Å². The Bertz CT molecular complexity index is 1520. The van der Waals surface area contributed by atoms with E-state index in [2.05, 4.69) is 93.7 Å². The first kappa shape index (κ1) is 79.8. The molecule has 0 aliphatic carbocycles. The van der Waals surface area contributed by atoms with Crippen LogP contribution >= 0.6 is 0 Å². The van der Waals surface area contributed by atoms with Crippen LogP contribution in [0.2, 0.25) is 0 Å². The molecule has 0 fully saturated rings. The molecule has 0 heterocycles. The summed E-state index contributed by atoms with van der Waals surface area (Å²) in [6, 6.07) is 0. The second-order valence-corrected chi connectivity index (χ2v) is 24.5. The van der Waals surface area contributed by atoms with E-state index in [4.69, 9.17) is 14.2 Å². The fourth-order valence-corrected chi connectivity index (χ4v) is 10.8. The van der Waals surface area contributed by atoms with Crippen LogP contribution in [0.3, 0.4) is 0 Å². The molecule has 0 saturated carbocycles. The average molecular weight is 1160 g/mol. The minimum Gasteiger partial charge on any atom is -0.462 e. The fourth-order valence-electron chi connectivity index (χ4n) is 10.8. The van der Waals surface area contributed by atoms with Crippen LogP contribution < -0.4 is 0 Å². The maximum absolute atomic E-state index is 13.0. The molecule has 0 bridgehead atoms. The summed E-state index contributed by atoms with van der Waals surface area (Å²) in [7, 11) is 0. The van der Waals surface area contributed by atoms with Gasteiger partial charge in [-0.25, -0.2) is 0 Å². The standard InChI is InChI=1S/C77H138O6/c1-4-7-10-13-16-19-22-25-28-31-34-35-36-37-38-39-40-41-44-46-49-52-55-58-61-64-67-70-76(79)82-73-74(83-77(80)71-68-65-62-59-56-53-50-47-43-33-30-27-24-21-18-15-12-9-6-3)72-81-75(78)69-66-63-60-57-54-51-48-45-42-32-29-26-23-20-17-14-11-8-5-2/h7,10,16,19,25,28,34-35,37-38,40-41,74H,4-6,8-9,11-15,17-18,20-24,26-27,29-33,36,39,42-73H2,1-3H3/b10-7-,19-16-,28-25-,35-34-,38-37-,41-40-. The van der Waals surface area contributed by atoms with Gasteiger partial charge in [-0.15, -0.1) is 0 Å². The molecule has 0 aromatic rings. The molecule has 0 spiro atoms. The van der Waals surface area contributed by atoms with Crippen LogP contribution in [0.5, 0.6) is 0 Å². The van der Waals surface area contributed by atoms with E-state index in [1.165, 1.54) is 238 Å². The van der Waals surface area contributed by atoms with E-state index in [-0.39, 0.29) is 31.1 Å². The lowest BCUT2D eigenvalue weighted by Crippen LogP contribution is -2.30. The molecule has 0 amide bonds. The summed E-state index contributed by atoms with van der Waals surface area (Å²) in [5.74, 6) is -0.853. The first-order valence-electron chi connectivity index (χ1n) is 36.4. The van der Waals surface area contributed by atoms with Gasteiger partial charge >= 0.3 is 17.9 Å². The number of carbonyl (C=O) groups is 3. The topological polar surface area (TPSA) is 78.9 Å². The van der Waals surface area contributed by atoms with Crippen molar-refractivity contribution >= 4 is 17.9 Å². The predicted molar refractivity (Wildman–Crippen MR) is 362 cm³/mol. The minimum absolute atomic E-state index is 0.0719. The van der Waals surface area contributed by atoms with E-state index < -0.39 is 6.10 Å². The highest BCUT2D eigenvalue weighted by atomic mass is 16.6. The van der Waals surface area contributed by atoms with E-state index >= 15 is 0 Å². The SMILES string of the molecule is CC/C=C\C/C=C\C/C=C\C/C=C\C/C=C\C/C=C\CCCCCCCCCCC(=O)OCC(COC(=O)CCCCCCCCCCCCCCCCCCCCC)OC(=O)CCCCCCCCCCCCCCCCCCCCC. The molecule has 6 heteroatoms. The van der Waals surface area contributed by atoms with Crippen molar-refractivity contribution in [2.45, 2.75) is 386 Å². The third-order valence-corrected chi connectivity index (χ3v) is 16.2. The quantitative estimate of drug-likeness (QED) is 0.0261. The van der Waals surface area contributed by atoms with Crippen molar-refractivity contribution in [1.29, 1.82) is 0 Å². The highest BCUT2D eigenvalue weighted by Gasteiger charge is 2.19. The van der Waals surface area contributed by atoms with Crippen LogP contribution in [0.4, 0.5) is 0 Å². The van der Waals surface area contributed by atoms with Crippen molar-refractivity contribution in [2.75, 3.05) is 13.2 Å². The van der Waals surface area contributed by atoms with Crippen molar-refractivity contribution in [3.05, 3.63) is 72.9 Å². The fraction of sp³-hybridized carbons (Fsp3) is 0.805. The normalized spacial score (nSPS) is 12.5. The first-order chi connectivity index (χ1) is 41.0. The zero-order chi connectivity index (χ0) is 59.9. The van der Waals surface area contributed by atoms with Crippen LogP contribution in [-0.2, 0) is 28.6 Å². The number of hydrogen-bond acceptors (Lipinski definition) is 6. The summed E-state index contributed by atoms with van der Waals surface area (Å²) in [4.78, 5) is 38.5. The van der Waals surface area contributed by atoms with Gasteiger partial charge in [0.2, 0.25) is 0 Å². The average Bonchev–Trinajstić information content (AvgIpc) is 3.50. The van der Waals surface area contributed by atoms with E-state index in [0.29, 0.717) is 19.3 Å². The molecule has 0 aromatic carbocycles. The number of rotatable bonds is 67. The van der Waals surface area contributed by atoms with E-state index in [0.717, 1.165) is 103 Å². The summed E-state index contributed by atoms with van der Waals surface area (Å²) in [5.41, 5.74) is 0. The highest BCUT2D eigenvalue weighted by Crippen LogP contribution is 2.18. The monoisotopic (exact) mass is 1160 g/mol. The third kappa shape index (κ3) is 69.5. The van der Waals surface area contributed by atoms with Gasteiger partial charge in [0.05, 0.1) is 0 Å². The van der Waals surface area contributed by atoms with Crippen molar-refractivity contribution in [1.82, 2.24) is 0 Å². The van der Waals surface area contributed by atoms with Crippen LogP contribution in [0.1, 0.15) is 380 Å². The largest absolute Gasteiger partial charge is 0.462 e. The van der Waals surface area contributed by atoms with Gasteiger partial charge in [0.1, 0.15) is 13.2 Å². The number of esters is 3. The lowest BCUT2D eigenvalue weighted by molar-refractivity contribution is -0.167. The summed E-state index contributed by atoms with van der Waals surface area (Å²) in [5, 5.41) is 0. The lowest BCUT2D eigenvalue weighted by atomic mass is 10.0. The molecule has 0 aromatic heterocycles. The number of ether oxygens (including phenoxy) is 3. The molecule has 0 rings (SSSR count). The molecule has 0 aliphatic rings. The second-order valence-electron chi connectivity index (χ2n) is 24.5. The van der Waals surface area contributed by atoms with Crippen molar-refractivity contribution in [2.24, 2.45) is 0 Å². The maximum atomic E-state index is 13.0. The molecular formula is C77H138O6. The van der Waals surface area contributed by atoms with Crippen LogP contribution in [0.25, 0.3) is 0 Å². The molecule has 1 atom stereocenters. The molecule has 0 aliphatic heterocycles. The Balaban J connectivity index is 4.33. The Labute approximate surface area is 516 Å². The van der Waals surface area contributed by atoms with E-state index in [1.54, 1.807) is 0 Å². The second kappa shape index (κ2) is 71.3. The Kier molecular flexibility index (Phi) is 68.6.